The topological polar surface area (TPSA) is 51.1 Å². The number of hydrogen-bond donors (Lipinski definition) is 0. The van der Waals surface area contributed by atoms with Crippen molar-refractivity contribution in [2.24, 2.45) is 4.99 Å². The molecule has 0 bridgehead atoms. The van der Waals surface area contributed by atoms with Crippen LogP contribution in [0.5, 0.6) is 5.75 Å². The molecule has 5 nitrogen and oxygen atoms in total. The van der Waals surface area contributed by atoms with Gasteiger partial charge in [-0.05, 0) is 29.8 Å². The molecule has 1 aromatic rings. The molecule has 0 amide bonds. The highest BCUT2D eigenvalue weighted by Gasteiger charge is 2.07. The van der Waals surface area contributed by atoms with Crippen LogP contribution in [-0.2, 0) is 9.53 Å². The number of nitrogens with zero attached hydrogens (tertiary/aromatic N) is 2. The summed E-state index contributed by atoms with van der Waals surface area (Å²) in [4.78, 5) is 17.4. The van der Waals surface area contributed by atoms with Gasteiger partial charge in [-0.2, -0.15) is 0 Å². The number of hydrogen-bond acceptors (Lipinski definition) is 5. The summed E-state index contributed by atoms with van der Waals surface area (Å²) in [5, 5.41) is 0. The summed E-state index contributed by atoms with van der Waals surface area (Å²) >= 11 is 0. The normalized spacial score (nSPS) is 11.5. The van der Waals surface area contributed by atoms with Gasteiger partial charge in [-0.1, -0.05) is 0 Å². The van der Waals surface area contributed by atoms with Crippen LogP contribution in [0.3, 0.4) is 0 Å². The highest BCUT2D eigenvalue weighted by atomic mass is 16.5. The first kappa shape index (κ1) is 14.8. The number of aliphatic imine (C=N–C) groups is 1. The quantitative estimate of drug-likeness (QED) is 0.460. The lowest BCUT2D eigenvalue weighted by molar-refractivity contribution is -0.136. The highest BCUT2D eigenvalue weighted by molar-refractivity contribution is 5.92. The SMILES string of the molecule is COC(=O)/C(=C\N(C)C)N=Cc1ccc(OC)cc1. The van der Waals surface area contributed by atoms with E-state index in [4.69, 9.17) is 4.74 Å². The first-order chi connectivity index (χ1) is 9.06. The monoisotopic (exact) mass is 262 g/mol. The molecule has 0 spiro atoms. The molecule has 0 aliphatic carbocycles. The number of ether oxygens (including phenoxy) is 2. The summed E-state index contributed by atoms with van der Waals surface area (Å²) < 4.78 is 9.74. The predicted octanol–water partition coefficient (Wildman–Crippen LogP) is 1.69. The standard InChI is InChI=1S/C14H18N2O3/c1-16(2)10-13(14(17)19-4)15-9-11-5-7-12(18-3)8-6-11/h5-10H,1-4H3/b13-10+,15-9?. The minimum Gasteiger partial charge on any atom is -0.497 e. The number of carbonyl (C=O) groups excluding carboxylic acids is 1. The summed E-state index contributed by atoms with van der Waals surface area (Å²) in [5.41, 5.74) is 1.11. The average Bonchev–Trinajstić information content (AvgIpc) is 2.42. The van der Waals surface area contributed by atoms with Crippen molar-refractivity contribution in [1.29, 1.82) is 0 Å². The summed E-state index contributed by atoms with van der Waals surface area (Å²) in [7, 11) is 6.56. The van der Waals surface area contributed by atoms with Gasteiger partial charge in [0.15, 0.2) is 5.70 Å². The van der Waals surface area contributed by atoms with Crippen LogP contribution in [0.1, 0.15) is 5.56 Å². The van der Waals surface area contributed by atoms with Crippen molar-refractivity contribution in [3.05, 3.63) is 41.7 Å². The highest BCUT2D eigenvalue weighted by Crippen LogP contribution is 2.10. The molecule has 0 aromatic heterocycles. The van der Waals surface area contributed by atoms with E-state index in [1.54, 1.807) is 24.4 Å². The van der Waals surface area contributed by atoms with Gasteiger partial charge in [-0.25, -0.2) is 9.79 Å². The average molecular weight is 262 g/mol. The lowest BCUT2D eigenvalue weighted by Crippen LogP contribution is -2.09. The summed E-state index contributed by atoms with van der Waals surface area (Å²) in [5.74, 6) is 0.299. The van der Waals surface area contributed by atoms with Gasteiger partial charge in [-0.3, -0.25) is 0 Å². The molecule has 0 radical (unpaired) electrons. The Labute approximate surface area is 113 Å². The van der Waals surface area contributed by atoms with Gasteiger partial charge in [0.2, 0.25) is 0 Å². The Morgan fingerprint density at radius 2 is 1.84 bits per heavy atom. The number of carbonyl (C=O) groups is 1. The summed E-state index contributed by atoms with van der Waals surface area (Å²) in [6.45, 7) is 0. The van der Waals surface area contributed by atoms with Gasteiger partial charge in [0.1, 0.15) is 5.75 Å². The molecule has 0 fully saturated rings. The zero-order valence-corrected chi connectivity index (χ0v) is 11.6. The second-order valence-corrected chi connectivity index (χ2v) is 4.00. The molecule has 0 atom stereocenters. The third-order valence-corrected chi connectivity index (χ3v) is 2.24. The number of rotatable bonds is 5. The van der Waals surface area contributed by atoms with Crippen molar-refractivity contribution in [3.8, 4) is 5.75 Å². The van der Waals surface area contributed by atoms with Gasteiger partial charge in [0, 0.05) is 26.5 Å². The molecule has 0 heterocycles. The second-order valence-electron chi connectivity index (χ2n) is 4.00. The zero-order valence-electron chi connectivity index (χ0n) is 11.6. The van der Waals surface area contributed by atoms with Crippen molar-refractivity contribution in [2.75, 3.05) is 28.3 Å². The largest absolute Gasteiger partial charge is 0.497 e. The first-order valence-corrected chi connectivity index (χ1v) is 5.71. The first-order valence-electron chi connectivity index (χ1n) is 5.71. The van der Waals surface area contributed by atoms with E-state index >= 15 is 0 Å². The Hall–Kier alpha value is -2.30. The molecule has 0 saturated heterocycles. The molecule has 1 rings (SSSR count). The predicted molar refractivity (Wildman–Crippen MR) is 74.4 cm³/mol. The molecular weight excluding hydrogens is 244 g/mol. The Kier molecular flexibility index (Phi) is 5.60. The van der Waals surface area contributed by atoms with Crippen LogP contribution in [0.25, 0.3) is 0 Å². The maximum atomic E-state index is 11.5. The Morgan fingerprint density at radius 1 is 1.21 bits per heavy atom. The summed E-state index contributed by atoms with van der Waals surface area (Å²) in [6, 6.07) is 7.36. The van der Waals surface area contributed by atoms with Crippen LogP contribution in [0, 0.1) is 0 Å². The maximum absolute atomic E-state index is 11.5. The molecule has 0 unspecified atom stereocenters. The molecule has 0 aliphatic rings. The molecule has 0 N–H and O–H groups in total. The van der Waals surface area contributed by atoms with E-state index in [0.29, 0.717) is 0 Å². The Bertz CT molecular complexity index is 476. The van der Waals surface area contributed by atoms with Crippen LogP contribution in [0.4, 0.5) is 0 Å². The lowest BCUT2D eigenvalue weighted by atomic mass is 10.2. The lowest BCUT2D eigenvalue weighted by Gasteiger charge is -2.06. The van der Waals surface area contributed by atoms with Crippen molar-refractivity contribution in [1.82, 2.24) is 4.90 Å². The van der Waals surface area contributed by atoms with Crippen LogP contribution in [-0.4, -0.2) is 45.4 Å². The van der Waals surface area contributed by atoms with E-state index in [1.807, 2.05) is 38.4 Å². The van der Waals surface area contributed by atoms with Crippen LogP contribution < -0.4 is 4.74 Å². The van der Waals surface area contributed by atoms with E-state index in [2.05, 4.69) is 9.73 Å². The van der Waals surface area contributed by atoms with Gasteiger partial charge in [0.25, 0.3) is 0 Å². The van der Waals surface area contributed by atoms with Gasteiger partial charge >= 0.3 is 5.97 Å². The van der Waals surface area contributed by atoms with E-state index in [0.717, 1.165) is 11.3 Å². The van der Waals surface area contributed by atoms with Gasteiger partial charge < -0.3 is 14.4 Å². The molecule has 1 aromatic carbocycles. The fourth-order valence-electron chi connectivity index (χ4n) is 1.32. The molecule has 0 aliphatic heterocycles. The van der Waals surface area contributed by atoms with Crippen LogP contribution >= 0.6 is 0 Å². The minimum absolute atomic E-state index is 0.239. The number of benzene rings is 1. The number of esters is 1. The molecule has 102 valence electrons. The van der Waals surface area contributed by atoms with Crippen LogP contribution in [0.2, 0.25) is 0 Å². The molecule has 5 heteroatoms. The van der Waals surface area contributed by atoms with Crippen molar-refractivity contribution < 1.29 is 14.3 Å². The maximum Gasteiger partial charge on any atom is 0.358 e. The Balaban J connectivity index is 2.88. The second kappa shape index (κ2) is 7.20. The van der Waals surface area contributed by atoms with E-state index < -0.39 is 5.97 Å². The van der Waals surface area contributed by atoms with Crippen molar-refractivity contribution in [2.45, 2.75) is 0 Å². The third kappa shape index (κ3) is 4.83. The van der Waals surface area contributed by atoms with E-state index in [1.165, 1.54) is 7.11 Å². The van der Waals surface area contributed by atoms with Crippen molar-refractivity contribution >= 4 is 12.2 Å². The minimum atomic E-state index is -0.474. The summed E-state index contributed by atoms with van der Waals surface area (Å²) in [6.07, 6.45) is 3.21. The Morgan fingerprint density at radius 3 is 2.32 bits per heavy atom. The smallest absolute Gasteiger partial charge is 0.358 e. The zero-order chi connectivity index (χ0) is 14.3. The molecule has 19 heavy (non-hydrogen) atoms. The fraction of sp³-hybridized carbons (Fsp3) is 0.286. The third-order valence-electron chi connectivity index (χ3n) is 2.24. The van der Waals surface area contributed by atoms with Crippen LogP contribution in [0.15, 0.2) is 41.2 Å². The molecule has 0 saturated carbocycles. The molecular formula is C14H18N2O3. The van der Waals surface area contributed by atoms with E-state index in [9.17, 15) is 4.79 Å². The number of methoxy groups -OCH3 is 2. The van der Waals surface area contributed by atoms with Gasteiger partial charge in [-0.15, -0.1) is 0 Å². The fourth-order valence-corrected chi connectivity index (χ4v) is 1.32. The van der Waals surface area contributed by atoms with E-state index in [-0.39, 0.29) is 5.70 Å². The van der Waals surface area contributed by atoms with Gasteiger partial charge in [0.05, 0.1) is 14.2 Å². The van der Waals surface area contributed by atoms with Crippen molar-refractivity contribution in [3.63, 3.8) is 0 Å².